The molecule has 0 aliphatic heterocycles. The zero-order valence-electron chi connectivity index (χ0n) is 12.5. The van der Waals surface area contributed by atoms with Gasteiger partial charge in [-0.1, -0.05) is 13.2 Å². The lowest BCUT2D eigenvalue weighted by Crippen LogP contribution is -2.28. The average Bonchev–Trinajstić information content (AvgIpc) is 2.46. The van der Waals surface area contributed by atoms with Crippen LogP contribution in [0, 0.1) is 0 Å². The van der Waals surface area contributed by atoms with Crippen LogP contribution in [0.15, 0.2) is 37.2 Å². The number of nitrogens with zero attached hydrogens (tertiary/aromatic N) is 3. The highest BCUT2D eigenvalue weighted by Crippen LogP contribution is 2.17. The van der Waals surface area contributed by atoms with E-state index in [2.05, 4.69) is 38.7 Å². The summed E-state index contributed by atoms with van der Waals surface area (Å²) in [5, 5.41) is 5.24. The van der Waals surface area contributed by atoms with Crippen molar-refractivity contribution in [1.82, 2.24) is 20.3 Å². The van der Waals surface area contributed by atoms with Crippen molar-refractivity contribution in [3.63, 3.8) is 0 Å². The molecule has 0 aliphatic carbocycles. The van der Waals surface area contributed by atoms with Crippen molar-refractivity contribution in [2.24, 2.45) is 0 Å². The number of amides is 2. The molecule has 0 saturated carbocycles. The van der Waals surface area contributed by atoms with E-state index in [0.717, 1.165) is 0 Å². The van der Waals surface area contributed by atoms with Crippen molar-refractivity contribution >= 4 is 28.8 Å². The van der Waals surface area contributed by atoms with Crippen molar-refractivity contribution in [1.29, 1.82) is 0 Å². The molecule has 2 rings (SSSR count). The molecule has 2 aromatic heterocycles. The molecule has 2 amide bonds. The first kappa shape index (κ1) is 15.4. The average molecular weight is 299 g/mol. The highest BCUT2D eigenvalue weighted by molar-refractivity contribution is 5.89. The maximum atomic E-state index is 11.5. The van der Waals surface area contributed by atoms with Gasteiger partial charge in [0.2, 0.25) is 0 Å². The van der Waals surface area contributed by atoms with E-state index >= 15 is 0 Å². The Morgan fingerprint density at radius 3 is 2.77 bits per heavy atom. The second-order valence-electron chi connectivity index (χ2n) is 4.51. The number of ether oxygens (including phenoxy) is 1. The highest BCUT2D eigenvalue weighted by atomic mass is 16.5. The van der Waals surface area contributed by atoms with Gasteiger partial charge < -0.3 is 10.1 Å². The number of fused-ring (bicyclic) bond motifs is 1. The van der Waals surface area contributed by atoms with E-state index in [-0.39, 0.29) is 6.03 Å². The van der Waals surface area contributed by atoms with E-state index in [1.807, 2.05) is 6.92 Å². The van der Waals surface area contributed by atoms with Crippen LogP contribution in [0.3, 0.4) is 0 Å². The van der Waals surface area contributed by atoms with E-state index in [1.54, 1.807) is 25.3 Å². The van der Waals surface area contributed by atoms with Crippen LogP contribution < -0.4 is 10.6 Å². The quantitative estimate of drug-likeness (QED) is 0.829. The third kappa shape index (κ3) is 3.78. The summed E-state index contributed by atoms with van der Waals surface area (Å²) in [4.78, 5) is 24.3. The second kappa shape index (κ2) is 6.66. The molecular weight excluding hydrogens is 282 g/mol. The van der Waals surface area contributed by atoms with Gasteiger partial charge in [0.25, 0.3) is 0 Å². The molecule has 7 heteroatoms. The van der Waals surface area contributed by atoms with E-state index < -0.39 is 0 Å². The third-order valence-electron chi connectivity index (χ3n) is 2.57. The number of carbonyl (C=O) groups excluding carboxylic acids is 1. The Labute approximate surface area is 128 Å². The molecule has 0 aromatic carbocycles. The molecule has 0 atom stereocenters. The maximum absolute atomic E-state index is 11.5. The second-order valence-corrected chi connectivity index (χ2v) is 4.51. The van der Waals surface area contributed by atoms with Gasteiger partial charge in [-0.3, -0.25) is 10.3 Å². The Morgan fingerprint density at radius 1 is 1.32 bits per heavy atom. The van der Waals surface area contributed by atoms with E-state index in [1.165, 1.54) is 0 Å². The van der Waals surface area contributed by atoms with Gasteiger partial charge in [-0.05, 0) is 26.0 Å². The van der Waals surface area contributed by atoms with Crippen LogP contribution in [0.25, 0.3) is 16.9 Å². The number of anilines is 1. The molecule has 0 bridgehead atoms. The fourth-order valence-electron chi connectivity index (χ4n) is 1.69. The van der Waals surface area contributed by atoms with Gasteiger partial charge in [0, 0.05) is 6.54 Å². The lowest BCUT2D eigenvalue weighted by Gasteiger charge is -2.08. The predicted molar refractivity (Wildman–Crippen MR) is 85.0 cm³/mol. The molecule has 2 heterocycles. The fourth-order valence-corrected chi connectivity index (χ4v) is 1.69. The SMILES string of the molecule is C=C(C)OC(=C)c1cnc2ccc(NC(=O)NCC)nc2n1. The van der Waals surface area contributed by atoms with Gasteiger partial charge in [-0.15, -0.1) is 0 Å². The number of nitrogens with one attached hydrogen (secondary N) is 2. The van der Waals surface area contributed by atoms with Gasteiger partial charge in [-0.2, -0.15) is 0 Å². The number of aromatic nitrogens is 3. The van der Waals surface area contributed by atoms with Gasteiger partial charge >= 0.3 is 6.03 Å². The number of allylic oxidation sites excluding steroid dienone is 1. The van der Waals surface area contributed by atoms with Gasteiger partial charge in [0.1, 0.15) is 22.8 Å². The summed E-state index contributed by atoms with van der Waals surface area (Å²) in [6.45, 7) is 11.5. The van der Waals surface area contributed by atoms with Crippen molar-refractivity contribution in [2.45, 2.75) is 13.8 Å². The molecular formula is C15H17N5O2. The monoisotopic (exact) mass is 299 g/mol. The number of rotatable bonds is 5. The molecule has 114 valence electrons. The van der Waals surface area contributed by atoms with Gasteiger partial charge in [0.05, 0.1) is 12.0 Å². The smallest absolute Gasteiger partial charge is 0.320 e. The van der Waals surface area contributed by atoms with Crippen molar-refractivity contribution in [2.75, 3.05) is 11.9 Å². The molecule has 0 fully saturated rings. The van der Waals surface area contributed by atoms with Crippen LogP contribution in [0.5, 0.6) is 0 Å². The standard InChI is InChI=1S/C15H17N5O2/c1-5-16-15(21)20-13-7-6-11-14(19-13)18-12(8-17-11)10(4)22-9(2)3/h6-8H,2,4-5H2,1,3H3,(H2,16,18,19,20,21). The Bertz CT molecular complexity index is 742. The maximum Gasteiger partial charge on any atom is 0.320 e. The minimum atomic E-state index is -0.325. The fraction of sp³-hybridized carbons (Fsp3) is 0.200. The molecule has 0 unspecified atom stereocenters. The first-order chi connectivity index (χ1) is 10.5. The number of hydrogen-bond donors (Lipinski definition) is 2. The minimum Gasteiger partial charge on any atom is -0.461 e. The molecule has 0 radical (unpaired) electrons. The Kier molecular flexibility index (Phi) is 4.67. The lowest BCUT2D eigenvalue weighted by molar-refractivity contribution is 0.252. The highest BCUT2D eigenvalue weighted by Gasteiger charge is 2.08. The van der Waals surface area contributed by atoms with Crippen LogP contribution in [-0.4, -0.2) is 27.5 Å². The Morgan fingerprint density at radius 2 is 2.09 bits per heavy atom. The van der Waals surface area contributed by atoms with E-state index in [9.17, 15) is 4.79 Å². The summed E-state index contributed by atoms with van der Waals surface area (Å²) in [5.74, 6) is 1.23. The zero-order valence-corrected chi connectivity index (χ0v) is 12.5. The molecule has 2 N–H and O–H groups in total. The molecule has 0 saturated heterocycles. The van der Waals surface area contributed by atoms with Crippen LogP contribution in [0.2, 0.25) is 0 Å². The summed E-state index contributed by atoms with van der Waals surface area (Å²) in [5.41, 5.74) is 1.45. The zero-order chi connectivity index (χ0) is 16.1. The summed E-state index contributed by atoms with van der Waals surface area (Å²) < 4.78 is 5.31. The molecule has 7 nitrogen and oxygen atoms in total. The summed E-state index contributed by atoms with van der Waals surface area (Å²) in [7, 11) is 0. The van der Waals surface area contributed by atoms with Gasteiger partial charge in [0.15, 0.2) is 5.65 Å². The Balaban J connectivity index is 2.28. The molecule has 22 heavy (non-hydrogen) atoms. The number of carbonyl (C=O) groups is 1. The van der Waals surface area contributed by atoms with Gasteiger partial charge in [-0.25, -0.2) is 14.8 Å². The van der Waals surface area contributed by atoms with Crippen molar-refractivity contribution in [3.8, 4) is 0 Å². The van der Waals surface area contributed by atoms with Crippen molar-refractivity contribution < 1.29 is 9.53 Å². The molecule has 2 aromatic rings. The molecule has 0 spiro atoms. The molecule has 0 aliphatic rings. The first-order valence-electron chi connectivity index (χ1n) is 6.71. The minimum absolute atomic E-state index is 0.325. The Hall–Kier alpha value is -2.96. The summed E-state index contributed by atoms with van der Waals surface area (Å²) >= 11 is 0. The largest absolute Gasteiger partial charge is 0.461 e. The lowest BCUT2D eigenvalue weighted by atomic mass is 10.3. The van der Waals surface area contributed by atoms with Crippen LogP contribution in [0.1, 0.15) is 19.5 Å². The third-order valence-corrected chi connectivity index (χ3v) is 2.57. The topological polar surface area (TPSA) is 89.0 Å². The summed E-state index contributed by atoms with van der Waals surface area (Å²) in [6.07, 6.45) is 1.55. The predicted octanol–water partition coefficient (Wildman–Crippen LogP) is 2.69. The van der Waals surface area contributed by atoms with Crippen LogP contribution in [-0.2, 0) is 4.74 Å². The number of urea groups is 1. The van der Waals surface area contributed by atoms with Crippen LogP contribution in [0.4, 0.5) is 10.6 Å². The van der Waals surface area contributed by atoms with Crippen molar-refractivity contribution in [3.05, 3.63) is 42.9 Å². The van der Waals surface area contributed by atoms with E-state index in [4.69, 9.17) is 4.74 Å². The number of pyridine rings is 1. The first-order valence-corrected chi connectivity index (χ1v) is 6.71. The van der Waals surface area contributed by atoms with E-state index in [0.29, 0.717) is 40.7 Å². The van der Waals surface area contributed by atoms with Crippen LogP contribution >= 0.6 is 0 Å². The summed E-state index contributed by atoms with van der Waals surface area (Å²) in [6, 6.07) is 3.06. The number of hydrogen-bond acceptors (Lipinski definition) is 5. The normalized spacial score (nSPS) is 10.1.